The summed E-state index contributed by atoms with van der Waals surface area (Å²) in [5, 5.41) is -0.314. The third-order valence-corrected chi connectivity index (χ3v) is 7.47. The minimum absolute atomic E-state index is 0.168. The number of nitrogens with two attached hydrogens (primary N) is 1. The number of sulfone groups is 1. The van der Waals surface area contributed by atoms with Crippen molar-refractivity contribution in [1.29, 1.82) is 0 Å². The molecule has 0 spiro atoms. The molecule has 21 heavy (non-hydrogen) atoms. The van der Waals surface area contributed by atoms with Gasteiger partial charge in [0, 0.05) is 6.04 Å². The largest absolute Gasteiger partial charge is 0.327 e. The van der Waals surface area contributed by atoms with Gasteiger partial charge in [0.1, 0.15) is 0 Å². The lowest BCUT2D eigenvalue weighted by Crippen LogP contribution is -2.42. The molecule has 1 aliphatic rings. The van der Waals surface area contributed by atoms with Crippen LogP contribution in [0.5, 0.6) is 0 Å². The molecule has 4 heteroatoms. The maximum atomic E-state index is 12.7. The molecule has 3 unspecified atom stereocenters. The predicted molar refractivity (Wildman–Crippen MR) is 91.2 cm³/mol. The monoisotopic (exact) mass is 317 g/mol. The van der Waals surface area contributed by atoms with E-state index in [4.69, 9.17) is 5.73 Å². The number of rotatable bonds is 4. The van der Waals surface area contributed by atoms with Crippen LogP contribution in [0.15, 0.2) is 0 Å². The van der Waals surface area contributed by atoms with Crippen LogP contribution in [0.3, 0.4) is 0 Å². The highest BCUT2D eigenvalue weighted by atomic mass is 32.2. The topological polar surface area (TPSA) is 60.2 Å². The molecule has 1 rings (SSSR count). The van der Waals surface area contributed by atoms with Crippen LogP contribution in [0.2, 0.25) is 0 Å². The summed E-state index contributed by atoms with van der Waals surface area (Å²) in [6, 6.07) is -0.168. The first-order valence-corrected chi connectivity index (χ1v) is 10.7. The highest BCUT2D eigenvalue weighted by molar-refractivity contribution is 7.92. The standard InChI is InChI=1S/C17H35NO2S/c1-3-15(2)14-21(19,20)17-13-11-9-7-5-4-6-8-10-12-16(17)18/h15-17H,3-14,18H2,1-2H3. The molecular formula is C17H35NO2S. The highest BCUT2D eigenvalue weighted by Crippen LogP contribution is 2.23. The zero-order valence-electron chi connectivity index (χ0n) is 14.0. The lowest BCUT2D eigenvalue weighted by Gasteiger charge is -2.26. The fourth-order valence-corrected chi connectivity index (χ4v) is 5.74. The van der Waals surface area contributed by atoms with Crippen LogP contribution in [0.25, 0.3) is 0 Å². The number of hydrogen-bond acceptors (Lipinski definition) is 3. The summed E-state index contributed by atoms with van der Waals surface area (Å²) in [5.74, 6) is 0.547. The van der Waals surface area contributed by atoms with Crippen LogP contribution in [0.1, 0.15) is 84.5 Å². The predicted octanol–water partition coefficient (Wildman–Crippen LogP) is 4.06. The van der Waals surface area contributed by atoms with Gasteiger partial charge in [-0.05, 0) is 18.8 Å². The quantitative estimate of drug-likeness (QED) is 0.850. The van der Waals surface area contributed by atoms with E-state index in [1.54, 1.807) is 0 Å². The maximum Gasteiger partial charge on any atom is 0.154 e. The Balaban J connectivity index is 2.71. The minimum atomic E-state index is -3.06. The zero-order valence-corrected chi connectivity index (χ0v) is 14.8. The second-order valence-electron chi connectivity index (χ2n) is 6.95. The summed E-state index contributed by atoms with van der Waals surface area (Å²) < 4.78 is 25.4. The molecule has 0 aromatic rings. The van der Waals surface area contributed by atoms with E-state index in [9.17, 15) is 8.42 Å². The van der Waals surface area contributed by atoms with Gasteiger partial charge in [-0.25, -0.2) is 8.42 Å². The van der Waals surface area contributed by atoms with Crippen molar-refractivity contribution in [3.63, 3.8) is 0 Å². The molecule has 0 saturated heterocycles. The van der Waals surface area contributed by atoms with E-state index in [2.05, 4.69) is 6.92 Å². The SMILES string of the molecule is CCC(C)CS(=O)(=O)C1CCCCCCCCCCC1N. The summed E-state index contributed by atoms with van der Waals surface area (Å²) in [6.45, 7) is 4.08. The Morgan fingerprint density at radius 2 is 1.43 bits per heavy atom. The first kappa shape index (κ1) is 19.0. The fraction of sp³-hybridized carbons (Fsp3) is 1.00. The summed E-state index contributed by atoms with van der Waals surface area (Å²) >= 11 is 0. The molecule has 0 radical (unpaired) electrons. The van der Waals surface area contributed by atoms with E-state index in [1.165, 1.54) is 32.1 Å². The van der Waals surface area contributed by atoms with Gasteiger partial charge in [-0.2, -0.15) is 0 Å². The molecule has 1 aliphatic carbocycles. The Bertz CT molecular complexity index is 367. The van der Waals surface area contributed by atoms with E-state index in [-0.39, 0.29) is 17.2 Å². The molecule has 3 nitrogen and oxygen atoms in total. The van der Waals surface area contributed by atoms with Gasteiger partial charge in [0.25, 0.3) is 0 Å². The summed E-state index contributed by atoms with van der Waals surface area (Å²) in [6.07, 6.45) is 12.1. The lowest BCUT2D eigenvalue weighted by atomic mass is 9.98. The van der Waals surface area contributed by atoms with E-state index in [0.29, 0.717) is 5.75 Å². The van der Waals surface area contributed by atoms with Crippen LogP contribution in [0.4, 0.5) is 0 Å². The van der Waals surface area contributed by atoms with E-state index >= 15 is 0 Å². The smallest absolute Gasteiger partial charge is 0.154 e. The van der Waals surface area contributed by atoms with Crippen LogP contribution >= 0.6 is 0 Å². The molecule has 1 saturated carbocycles. The van der Waals surface area contributed by atoms with Crippen molar-refractivity contribution >= 4 is 9.84 Å². The summed E-state index contributed by atoms with van der Waals surface area (Å²) in [7, 11) is -3.06. The van der Waals surface area contributed by atoms with Crippen molar-refractivity contribution in [3.05, 3.63) is 0 Å². The molecule has 3 atom stereocenters. The second-order valence-corrected chi connectivity index (χ2v) is 9.22. The van der Waals surface area contributed by atoms with Gasteiger partial charge >= 0.3 is 0 Å². The van der Waals surface area contributed by atoms with Crippen molar-refractivity contribution < 1.29 is 8.42 Å². The van der Waals surface area contributed by atoms with Crippen LogP contribution in [-0.2, 0) is 9.84 Å². The van der Waals surface area contributed by atoms with Crippen molar-refractivity contribution in [1.82, 2.24) is 0 Å². The normalized spacial score (nSPS) is 28.3. The fourth-order valence-electron chi connectivity index (χ4n) is 3.27. The minimum Gasteiger partial charge on any atom is -0.327 e. The molecule has 0 amide bonds. The zero-order chi connectivity index (χ0) is 15.7. The lowest BCUT2D eigenvalue weighted by molar-refractivity contribution is 0.452. The van der Waals surface area contributed by atoms with Gasteiger partial charge in [0.15, 0.2) is 9.84 Å². The average Bonchev–Trinajstić information content (AvgIpc) is 2.41. The van der Waals surface area contributed by atoms with Crippen molar-refractivity contribution in [2.75, 3.05) is 5.75 Å². The van der Waals surface area contributed by atoms with Gasteiger partial charge in [0.2, 0.25) is 0 Å². The van der Waals surface area contributed by atoms with Crippen LogP contribution in [-0.4, -0.2) is 25.5 Å². The molecule has 0 aromatic heterocycles. The van der Waals surface area contributed by atoms with Gasteiger partial charge in [-0.1, -0.05) is 71.6 Å². The highest BCUT2D eigenvalue weighted by Gasteiger charge is 2.31. The molecule has 2 N–H and O–H groups in total. The third-order valence-electron chi connectivity index (χ3n) is 4.93. The molecule has 0 aliphatic heterocycles. The van der Waals surface area contributed by atoms with Crippen molar-refractivity contribution in [3.8, 4) is 0 Å². The Hall–Kier alpha value is -0.0900. The van der Waals surface area contributed by atoms with E-state index < -0.39 is 9.84 Å². The Labute approximate surface area is 132 Å². The number of hydrogen-bond donors (Lipinski definition) is 1. The average molecular weight is 318 g/mol. The Morgan fingerprint density at radius 3 is 1.95 bits per heavy atom. The van der Waals surface area contributed by atoms with Gasteiger partial charge in [0.05, 0.1) is 11.0 Å². The molecule has 1 fully saturated rings. The van der Waals surface area contributed by atoms with Gasteiger partial charge < -0.3 is 5.73 Å². The van der Waals surface area contributed by atoms with Gasteiger partial charge in [-0.15, -0.1) is 0 Å². The maximum absolute atomic E-state index is 12.7. The second kappa shape index (κ2) is 9.83. The van der Waals surface area contributed by atoms with E-state index in [0.717, 1.165) is 38.5 Å². The van der Waals surface area contributed by atoms with Crippen molar-refractivity contribution in [2.24, 2.45) is 11.7 Å². The van der Waals surface area contributed by atoms with E-state index in [1.807, 2.05) is 6.92 Å². The summed E-state index contributed by atoms with van der Waals surface area (Å²) in [4.78, 5) is 0. The van der Waals surface area contributed by atoms with Gasteiger partial charge in [-0.3, -0.25) is 0 Å². The third kappa shape index (κ3) is 7.14. The molecule has 126 valence electrons. The summed E-state index contributed by atoms with van der Waals surface area (Å²) in [5.41, 5.74) is 6.28. The molecule has 0 heterocycles. The van der Waals surface area contributed by atoms with Crippen molar-refractivity contribution in [2.45, 2.75) is 95.8 Å². The van der Waals surface area contributed by atoms with Crippen LogP contribution < -0.4 is 5.73 Å². The Morgan fingerprint density at radius 1 is 0.952 bits per heavy atom. The Kier molecular flexibility index (Phi) is 8.88. The first-order chi connectivity index (χ1) is 9.97. The molecular weight excluding hydrogens is 282 g/mol. The molecule has 0 aromatic carbocycles. The first-order valence-electron chi connectivity index (χ1n) is 8.94. The van der Waals surface area contributed by atoms with Crippen LogP contribution in [0, 0.1) is 5.92 Å². The molecule has 0 bridgehead atoms.